The van der Waals surface area contributed by atoms with E-state index in [0.717, 1.165) is 0 Å². The van der Waals surface area contributed by atoms with Gasteiger partial charge < -0.3 is 10.1 Å². The van der Waals surface area contributed by atoms with Crippen molar-refractivity contribution < 1.29 is 17.9 Å². The first kappa shape index (κ1) is 17.7. The summed E-state index contributed by atoms with van der Waals surface area (Å²) < 4.78 is 32.4. The SMILES string of the molecule is C=CCNC(=O)c1ccc(S(=O)(=O)N2CC(C)OC(C)C2)cc1. The number of sulfonamides is 1. The van der Waals surface area contributed by atoms with Gasteiger partial charge in [-0.3, -0.25) is 4.79 Å². The van der Waals surface area contributed by atoms with Crippen molar-refractivity contribution in [3.05, 3.63) is 42.5 Å². The molecule has 2 rings (SSSR count). The van der Waals surface area contributed by atoms with Gasteiger partial charge in [0.2, 0.25) is 10.0 Å². The number of hydrogen-bond donors (Lipinski definition) is 1. The van der Waals surface area contributed by atoms with Gasteiger partial charge >= 0.3 is 0 Å². The standard InChI is InChI=1S/C16H22N2O4S/c1-4-9-17-16(19)14-5-7-15(8-6-14)23(20,21)18-10-12(2)22-13(3)11-18/h4-8,12-13H,1,9-11H2,2-3H3,(H,17,19). The fraction of sp³-hybridized carbons (Fsp3) is 0.438. The summed E-state index contributed by atoms with van der Waals surface area (Å²) in [7, 11) is -3.58. The lowest BCUT2D eigenvalue weighted by atomic mass is 10.2. The molecule has 0 spiro atoms. The zero-order chi connectivity index (χ0) is 17.0. The van der Waals surface area contributed by atoms with Crippen LogP contribution in [0.15, 0.2) is 41.8 Å². The first-order chi connectivity index (χ1) is 10.8. The molecule has 1 amide bonds. The number of amides is 1. The lowest BCUT2D eigenvalue weighted by molar-refractivity contribution is -0.0440. The van der Waals surface area contributed by atoms with Crippen molar-refractivity contribution >= 4 is 15.9 Å². The minimum atomic E-state index is -3.58. The van der Waals surface area contributed by atoms with Crippen LogP contribution in [0.4, 0.5) is 0 Å². The van der Waals surface area contributed by atoms with Gasteiger partial charge in [0.15, 0.2) is 0 Å². The van der Waals surface area contributed by atoms with E-state index in [1.54, 1.807) is 6.08 Å². The van der Waals surface area contributed by atoms with Crippen LogP contribution in [0.1, 0.15) is 24.2 Å². The first-order valence-electron chi connectivity index (χ1n) is 7.49. The number of nitrogens with zero attached hydrogens (tertiary/aromatic N) is 1. The van der Waals surface area contributed by atoms with Gasteiger partial charge in [-0.2, -0.15) is 4.31 Å². The van der Waals surface area contributed by atoms with Crippen molar-refractivity contribution in [2.75, 3.05) is 19.6 Å². The van der Waals surface area contributed by atoms with E-state index in [4.69, 9.17) is 4.74 Å². The number of morpholine rings is 1. The molecule has 2 unspecified atom stereocenters. The van der Waals surface area contributed by atoms with Gasteiger partial charge in [-0.1, -0.05) is 6.08 Å². The van der Waals surface area contributed by atoms with E-state index in [-0.39, 0.29) is 23.0 Å². The van der Waals surface area contributed by atoms with Gasteiger partial charge in [-0.05, 0) is 38.1 Å². The fourth-order valence-corrected chi connectivity index (χ4v) is 4.11. The second kappa shape index (κ2) is 7.25. The van der Waals surface area contributed by atoms with Crippen molar-refractivity contribution in [2.45, 2.75) is 31.0 Å². The Morgan fingerprint density at radius 3 is 2.39 bits per heavy atom. The molecular formula is C16H22N2O4S. The van der Waals surface area contributed by atoms with Gasteiger partial charge in [0.05, 0.1) is 17.1 Å². The molecule has 2 atom stereocenters. The summed E-state index contributed by atoms with van der Waals surface area (Å²) in [4.78, 5) is 12.0. The normalized spacial score (nSPS) is 22.5. The Bertz CT molecular complexity index is 660. The van der Waals surface area contributed by atoms with Crippen LogP contribution in [0.3, 0.4) is 0 Å². The predicted molar refractivity (Wildman–Crippen MR) is 87.7 cm³/mol. The predicted octanol–water partition coefficient (Wildman–Crippen LogP) is 1.40. The maximum absolute atomic E-state index is 12.7. The largest absolute Gasteiger partial charge is 0.373 e. The summed E-state index contributed by atoms with van der Waals surface area (Å²) in [5, 5.41) is 2.65. The zero-order valence-electron chi connectivity index (χ0n) is 13.4. The quantitative estimate of drug-likeness (QED) is 0.824. The maximum Gasteiger partial charge on any atom is 0.251 e. The van der Waals surface area contributed by atoms with E-state index in [9.17, 15) is 13.2 Å². The fourth-order valence-electron chi connectivity index (χ4n) is 2.52. The molecule has 1 N–H and O–H groups in total. The summed E-state index contributed by atoms with van der Waals surface area (Å²) in [5.74, 6) is -0.262. The first-order valence-corrected chi connectivity index (χ1v) is 8.93. The maximum atomic E-state index is 12.7. The van der Waals surface area contributed by atoms with Crippen LogP contribution in [0.5, 0.6) is 0 Å². The van der Waals surface area contributed by atoms with Crippen molar-refractivity contribution in [1.82, 2.24) is 9.62 Å². The lowest BCUT2D eigenvalue weighted by Gasteiger charge is -2.34. The van der Waals surface area contributed by atoms with Crippen LogP contribution in [0.25, 0.3) is 0 Å². The molecule has 0 saturated carbocycles. The molecule has 6 nitrogen and oxygen atoms in total. The van der Waals surface area contributed by atoms with Gasteiger partial charge in [-0.25, -0.2) is 8.42 Å². The lowest BCUT2D eigenvalue weighted by Crippen LogP contribution is -2.48. The summed E-state index contributed by atoms with van der Waals surface area (Å²) in [6, 6.07) is 5.95. The molecule has 1 fully saturated rings. The summed E-state index contributed by atoms with van der Waals surface area (Å²) in [6.45, 7) is 8.25. The molecule has 1 aromatic rings. The Labute approximate surface area is 137 Å². The van der Waals surface area contributed by atoms with Crippen LogP contribution < -0.4 is 5.32 Å². The van der Waals surface area contributed by atoms with Crippen molar-refractivity contribution in [2.24, 2.45) is 0 Å². The molecule has 1 heterocycles. The number of carbonyl (C=O) groups is 1. The average molecular weight is 338 g/mol. The minimum Gasteiger partial charge on any atom is -0.373 e. The topological polar surface area (TPSA) is 75.7 Å². The Kier molecular flexibility index (Phi) is 5.56. The number of ether oxygens (including phenoxy) is 1. The molecule has 7 heteroatoms. The minimum absolute atomic E-state index is 0.141. The highest BCUT2D eigenvalue weighted by molar-refractivity contribution is 7.89. The number of benzene rings is 1. The molecule has 1 aliphatic rings. The van der Waals surface area contributed by atoms with Crippen molar-refractivity contribution in [3.8, 4) is 0 Å². The molecular weight excluding hydrogens is 316 g/mol. The van der Waals surface area contributed by atoms with E-state index in [0.29, 0.717) is 25.2 Å². The van der Waals surface area contributed by atoms with Crippen molar-refractivity contribution in [1.29, 1.82) is 0 Å². The zero-order valence-corrected chi connectivity index (χ0v) is 14.2. The Morgan fingerprint density at radius 2 is 1.87 bits per heavy atom. The second-order valence-corrected chi connectivity index (χ2v) is 7.54. The monoisotopic (exact) mass is 338 g/mol. The van der Waals surface area contributed by atoms with Crippen LogP contribution in [0.2, 0.25) is 0 Å². The molecule has 0 radical (unpaired) electrons. The Balaban J connectivity index is 2.17. The highest BCUT2D eigenvalue weighted by Gasteiger charge is 2.32. The number of carbonyl (C=O) groups excluding carboxylic acids is 1. The molecule has 126 valence electrons. The molecule has 1 aromatic carbocycles. The highest BCUT2D eigenvalue weighted by Crippen LogP contribution is 2.21. The van der Waals surface area contributed by atoms with Gasteiger partial charge in [0.1, 0.15) is 0 Å². The summed E-state index contributed by atoms with van der Waals surface area (Å²) in [6.07, 6.45) is 1.30. The Hall–Kier alpha value is -1.70. The van der Waals surface area contributed by atoms with Crippen LogP contribution in [-0.2, 0) is 14.8 Å². The number of hydrogen-bond acceptors (Lipinski definition) is 4. The summed E-state index contributed by atoms with van der Waals surface area (Å²) in [5.41, 5.74) is 0.412. The van der Waals surface area contributed by atoms with Gasteiger partial charge in [0, 0.05) is 25.2 Å². The highest BCUT2D eigenvalue weighted by atomic mass is 32.2. The molecule has 0 bridgehead atoms. The number of nitrogens with one attached hydrogen (secondary N) is 1. The van der Waals surface area contributed by atoms with Crippen LogP contribution in [0, 0.1) is 0 Å². The van der Waals surface area contributed by atoms with Gasteiger partial charge in [0.25, 0.3) is 5.91 Å². The van der Waals surface area contributed by atoms with E-state index in [2.05, 4.69) is 11.9 Å². The van der Waals surface area contributed by atoms with Crippen LogP contribution >= 0.6 is 0 Å². The summed E-state index contributed by atoms with van der Waals surface area (Å²) >= 11 is 0. The third-order valence-electron chi connectivity index (χ3n) is 3.55. The smallest absolute Gasteiger partial charge is 0.251 e. The van der Waals surface area contributed by atoms with E-state index in [1.165, 1.54) is 28.6 Å². The molecule has 1 saturated heterocycles. The molecule has 23 heavy (non-hydrogen) atoms. The van der Waals surface area contributed by atoms with Gasteiger partial charge in [-0.15, -0.1) is 6.58 Å². The van der Waals surface area contributed by atoms with E-state index < -0.39 is 10.0 Å². The third-order valence-corrected chi connectivity index (χ3v) is 5.39. The second-order valence-electron chi connectivity index (χ2n) is 5.60. The van der Waals surface area contributed by atoms with Crippen LogP contribution in [-0.4, -0.2) is 50.5 Å². The molecule has 1 aliphatic heterocycles. The average Bonchev–Trinajstić information content (AvgIpc) is 2.51. The molecule has 0 aromatic heterocycles. The van der Waals surface area contributed by atoms with E-state index in [1.807, 2.05) is 13.8 Å². The molecule has 0 aliphatic carbocycles. The number of rotatable bonds is 5. The van der Waals surface area contributed by atoms with Crippen molar-refractivity contribution in [3.63, 3.8) is 0 Å². The van der Waals surface area contributed by atoms with E-state index >= 15 is 0 Å². The third kappa shape index (κ3) is 4.19. The Morgan fingerprint density at radius 1 is 1.30 bits per heavy atom.